The molecule has 0 spiro atoms. The number of carboxylic acid groups (broad SMARTS) is 1. The molecule has 112 valence electrons. The normalized spacial score (nSPS) is 17.1. The highest BCUT2D eigenvalue weighted by atomic mass is 35.5. The number of carboxylic acids is 1. The van der Waals surface area contributed by atoms with Crippen molar-refractivity contribution in [2.45, 2.75) is 45.2 Å². The molecule has 1 aliphatic heterocycles. The number of hydrogen-bond acceptors (Lipinski definition) is 1. The number of hydrogen-bond donors (Lipinski definition) is 1. The first kappa shape index (κ1) is 14.3. The van der Waals surface area contributed by atoms with E-state index in [0.29, 0.717) is 18.0 Å². The second kappa shape index (κ2) is 5.60. The minimum Gasteiger partial charge on any atom is -0.481 e. The maximum Gasteiger partial charge on any atom is 0.312 e. The Morgan fingerprint density at radius 3 is 3.05 bits per heavy atom. The van der Waals surface area contributed by atoms with Gasteiger partial charge in [0.2, 0.25) is 0 Å². The van der Waals surface area contributed by atoms with E-state index in [9.17, 15) is 9.90 Å². The zero-order valence-corrected chi connectivity index (χ0v) is 12.8. The number of nitrogens with zero attached hydrogens (tertiary/aromatic N) is 2. The van der Waals surface area contributed by atoms with E-state index < -0.39 is 11.9 Å². The standard InChI is InChI=1S/C16H19ClN2O2/c1-2-3-7-18-8-4-5-13(18)15-12(17)10-14-11(16(20)21)6-9-19(14)15/h4-5,8,10-11H,2-3,6-7,9H2,1H3,(H,20,21). The van der Waals surface area contributed by atoms with Gasteiger partial charge in [-0.3, -0.25) is 4.79 Å². The quantitative estimate of drug-likeness (QED) is 0.908. The van der Waals surface area contributed by atoms with Crippen molar-refractivity contribution in [2.24, 2.45) is 0 Å². The van der Waals surface area contributed by atoms with Crippen molar-refractivity contribution in [3.63, 3.8) is 0 Å². The Balaban J connectivity index is 2.03. The third-order valence-electron chi connectivity index (χ3n) is 4.20. The van der Waals surface area contributed by atoms with Gasteiger partial charge in [-0.2, -0.15) is 0 Å². The van der Waals surface area contributed by atoms with Crippen LogP contribution in [0.3, 0.4) is 0 Å². The van der Waals surface area contributed by atoms with E-state index in [2.05, 4.69) is 28.3 Å². The summed E-state index contributed by atoms with van der Waals surface area (Å²) in [7, 11) is 0. The molecule has 1 atom stereocenters. The molecule has 3 heterocycles. The summed E-state index contributed by atoms with van der Waals surface area (Å²) in [6, 6.07) is 5.89. The fraction of sp³-hybridized carbons (Fsp3) is 0.438. The summed E-state index contributed by atoms with van der Waals surface area (Å²) >= 11 is 6.40. The van der Waals surface area contributed by atoms with Crippen LogP contribution in [0.4, 0.5) is 0 Å². The highest BCUT2D eigenvalue weighted by molar-refractivity contribution is 6.33. The van der Waals surface area contributed by atoms with Gasteiger partial charge in [0.05, 0.1) is 22.3 Å². The van der Waals surface area contributed by atoms with Gasteiger partial charge < -0.3 is 14.2 Å². The molecule has 0 amide bonds. The molecule has 0 aliphatic carbocycles. The van der Waals surface area contributed by atoms with Gasteiger partial charge in [0.1, 0.15) is 0 Å². The van der Waals surface area contributed by atoms with Crippen LogP contribution in [0.1, 0.15) is 37.8 Å². The Morgan fingerprint density at radius 1 is 1.52 bits per heavy atom. The zero-order valence-electron chi connectivity index (χ0n) is 12.1. The van der Waals surface area contributed by atoms with Crippen LogP contribution in [0.15, 0.2) is 24.4 Å². The highest BCUT2D eigenvalue weighted by Crippen LogP contribution is 2.40. The van der Waals surface area contributed by atoms with Gasteiger partial charge >= 0.3 is 5.97 Å². The topological polar surface area (TPSA) is 47.2 Å². The first-order valence-electron chi connectivity index (χ1n) is 7.40. The average Bonchev–Trinajstić information content (AvgIpc) is 3.10. The van der Waals surface area contributed by atoms with E-state index >= 15 is 0 Å². The molecule has 0 radical (unpaired) electrons. The van der Waals surface area contributed by atoms with Gasteiger partial charge in [0.15, 0.2) is 0 Å². The van der Waals surface area contributed by atoms with Crippen molar-refractivity contribution >= 4 is 17.6 Å². The fourth-order valence-corrected chi connectivity index (χ4v) is 3.44. The molecule has 1 aliphatic rings. The molecule has 2 aromatic rings. The second-order valence-electron chi connectivity index (χ2n) is 5.54. The van der Waals surface area contributed by atoms with Crippen LogP contribution in [-0.2, 0) is 17.9 Å². The SMILES string of the molecule is CCCCn1cccc1-c1c(Cl)cc2n1CCC2C(=O)O. The Labute approximate surface area is 128 Å². The first-order chi connectivity index (χ1) is 10.1. The number of fused-ring (bicyclic) bond motifs is 1. The van der Waals surface area contributed by atoms with Crippen molar-refractivity contribution in [3.05, 3.63) is 35.1 Å². The molecule has 0 bridgehead atoms. The fourth-order valence-electron chi connectivity index (χ4n) is 3.13. The van der Waals surface area contributed by atoms with Crippen LogP contribution in [0.25, 0.3) is 11.4 Å². The molecule has 1 N–H and O–H groups in total. The summed E-state index contributed by atoms with van der Waals surface area (Å²) in [5.74, 6) is -1.20. The number of aliphatic carboxylic acids is 1. The van der Waals surface area contributed by atoms with Crippen molar-refractivity contribution in [2.75, 3.05) is 0 Å². The maximum absolute atomic E-state index is 11.3. The van der Waals surface area contributed by atoms with Crippen LogP contribution in [0.5, 0.6) is 0 Å². The van der Waals surface area contributed by atoms with Gasteiger partial charge in [-0.1, -0.05) is 24.9 Å². The number of unbranched alkanes of at least 4 members (excludes halogenated alkanes) is 1. The summed E-state index contributed by atoms with van der Waals surface area (Å²) in [5, 5.41) is 9.95. The molecule has 0 saturated carbocycles. The minimum absolute atomic E-state index is 0.435. The van der Waals surface area contributed by atoms with Crippen LogP contribution >= 0.6 is 11.6 Å². The highest BCUT2D eigenvalue weighted by Gasteiger charge is 2.32. The summed E-state index contributed by atoms with van der Waals surface area (Å²) in [6.45, 7) is 3.84. The Bertz CT molecular complexity index is 672. The molecular formula is C16H19ClN2O2. The van der Waals surface area contributed by atoms with Crippen molar-refractivity contribution in [3.8, 4) is 11.4 Å². The molecule has 2 aromatic heterocycles. The Kier molecular flexibility index (Phi) is 3.81. The van der Waals surface area contributed by atoms with Gasteiger partial charge in [-0.15, -0.1) is 0 Å². The van der Waals surface area contributed by atoms with E-state index in [1.807, 2.05) is 12.1 Å². The Morgan fingerprint density at radius 2 is 2.33 bits per heavy atom. The summed E-state index contributed by atoms with van der Waals surface area (Å²) in [4.78, 5) is 11.3. The molecule has 0 aromatic carbocycles. The molecule has 0 saturated heterocycles. The van der Waals surface area contributed by atoms with Crippen molar-refractivity contribution in [1.82, 2.24) is 9.13 Å². The maximum atomic E-state index is 11.3. The zero-order chi connectivity index (χ0) is 15.0. The second-order valence-corrected chi connectivity index (χ2v) is 5.94. The van der Waals surface area contributed by atoms with Gasteiger partial charge in [0.25, 0.3) is 0 Å². The molecule has 3 rings (SSSR count). The lowest BCUT2D eigenvalue weighted by Gasteiger charge is -2.11. The molecule has 0 fully saturated rings. The largest absolute Gasteiger partial charge is 0.481 e. The third kappa shape index (κ3) is 2.38. The van der Waals surface area contributed by atoms with Crippen molar-refractivity contribution in [1.29, 1.82) is 0 Å². The molecular weight excluding hydrogens is 288 g/mol. The van der Waals surface area contributed by atoms with E-state index in [1.54, 1.807) is 0 Å². The summed E-state index contributed by atoms with van der Waals surface area (Å²) < 4.78 is 4.27. The van der Waals surface area contributed by atoms with E-state index in [0.717, 1.165) is 36.5 Å². The predicted molar refractivity (Wildman–Crippen MR) is 82.8 cm³/mol. The molecule has 1 unspecified atom stereocenters. The molecule has 5 heteroatoms. The number of aryl methyl sites for hydroxylation is 1. The van der Waals surface area contributed by atoms with Crippen LogP contribution in [0.2, 0.25) is 5.02 Å². The van der Waals surface area contributed by atoms with E-state index in [-0.39, 0.29) is 0 Å². The number of carbonyl (C=O) groups is 1. The third-order valence-corrected chi connectivity index (χ3v) is 4.49. The lowest BCUT2D eigenvalue weighted by atomic mass is 10.1. The smallest absolute Gasteiger partial charge is 0.312 e. The monoisotopic (exact) mass is 306 g/mol. The summed E-state index contributed by atoms with van der Waals surface area (Å²) in [6.07, 6.45) is 4.96. The van der Waals surface area contributed by atoms with E-state index in [4.69, 9.17) is 11.6 Å². The lowest BCUT2D eigenvalue weighted by Crippen LogP contribution is -2.07. The average molecular weight is 307 g/mol. The van der Waals surface area contributed by atoms with Crippen LogP contribution < -0.4 is 0 Å². The van der Waals surface area contributed by atoms with Gasteiger partial charge in [-0.05, 0) is 31.0 Å². The van der Waals surface area contributed by atoms with Gasteiger partial charge in [0, 0.05) is 25.0 Å². The van der Waals surface area contributed by atoms with Gasteiger partial charge in [-0.25, -0.2) is 0 Å². The minimum atomic E-state index is -0.768. The van der Waals surface area contributed by atoms with Crippen molar-refractivity contribution < 1.29 is 9.90 Å². The van der Waals surface area contributed by atoms with Crippen LogP contribution in [-0.4, -0.2) is 20.2 Å². The van der Waals surface area contributed by atoms with E-state index in [1.165, 1.54) is 0 Å². The number of halogens is 1. The number of rotatable bonds is 5. The lowest BCUT2D eigenvalue weighted by molar-refractivity contribution is -0.138. The first-order valence-corrected chi connectivity index (χ1v) is 7.78. The van der Waals surface area contributed by atoms with Crippen LogP contribution in [0, 0.1) is 0 Å². The predicted octanol–water partition coefficient (Wildman–Crippen LogP) is 3.98. The molecule has 21 heavy (non-hydrogen) atoms. The molecule has 4 nitrogen and oxygen atoms in total. The Hall–Kier alpha value is -1.68. The summed E-state index contributed by atoms with van der Waals surface area (Å²) in [5.41, 5.74) is 2.85. The number of aromatic nitrogens is 2.